The molecule has 0 aliphatic carbocycles. The molecule has 1 aromatic rings. The van der Waals surface area contributed by atoms with E-state index in [1.54, 1.807) is 0 Å². The van der Waals surface area contributed by atoms with Gasteiger partial charge in [0.15, 0.2) is 0 Å². The molecule has 78 valence electrons. The molecule has 0 saturated carbocycles. The maximum absolute atomic E-state index is 10.7. The first kappa shape index (κ1) is 10.7. The SMILES string of the molecule is Cc1noc(C)c1CCNC(=O)CO. The highest BCUT2D eigenvalue weighted by Crippen LogP contribution is 2.11. The standard InChI is InChI=1S/C9H14N2O3/c1-6-8(7(2)14-11-6)3-4-10-9(13)5-12/h12H,3-5H2,1-2H3,(H,10,13). The Morgan fingerprint density at radius 3 is 2.79 bits per heavy atom. The first-order valence-electron chi connectivity index (χ1n) is 4.44. The molecule has 5 heteroatoms. The fourth-order valence-corrected chi connectivity index (χ4v) is 1.24. The number of rotatable bonds is 4. The predicted molar refractivity (Wildman–Crippen MR) is 49.8 cm³/mol. The lowest BCUT2D eigenvalue weighted by atomic mass is 10.1. The summed E-state index contributed by atoms with van der Waals surface area (Å²) in [5, 5.41) is 14.8. The summed E-state index contributed by atoms with van der Waals surface area (Å²) in [5.74, 6) is 0.414. The van der Waals surface area contributed by atoms with Gasteiger partial charge in [-0.15, -0.1) is 0 Å². The molecule has 1 amide bonds. The Morgan fingerprint density at radius 1 is 1.57 bits per heavy atom. The van der Waals surface area contributed by atoms with Gasteiger partial charge in [-0.05, 0) is 20.3 Å². The summed E-state index contributed by atoms with van der Waals surface area (Å²) in [6, 6.07) is 0. The van der Waals surface area contributed by atoms with Gasteiger partial charge in [0.2, 0.25) is 5.91 Å². The van der Waals surface area contributed by atoms with E-state index in [2.05, 4.69) is 10.5 Å². The van der Waals surface area contributed by atoms with Crippen molar-refractivity contribution >= 4 is 5.91 Å². The Balaban J connectivity index is 2.42. The Labute approximate surface area is 82.1 Å². The molecule has 1 aromatic heterocycles. The molecule has 0 radical (unpaired) electrons. The molecule has 0 atom stereocenters. The molecule has 0 unspecified atom stereocenters. The summed E-state index contributed by atoms with van der Waals surface area (Å²) < 4.78 is 4.97. The molecular weight excluding hydrogens is 184 g/mol. The lowest BCUT2D eigenvalue weighted by Gasteiger charge is -2.02. The van der Waals surface area contributed by atoms with Crippen molar-refractivity contribution in [3.05, 3.63) is 17.0 Å². The summed E-state index contributed by atoms with van der Waals surface area (Å²) in [7, 11) is 0. The number of hydrogen-bond donors (Lipinski definition) is 2. The van der Waals surface area contributed by atoms with Crippen molar-refractivity contribution < 1.29 is 14.4 Å². The predicted octanol–water partition coefficient (Wildman–Crippen LogP) is -0.0576. The van der Waals surface area contributed by atoms with Crippen LogP contribution < -0.4 is 5.32 Å². The third-order valence-corrected chi connectivity index (χ3v) is 2.02. The lowest BCUT2D eigenvalue weighted by Crippen LogP contribution is -2.28. The third-order valence-electron chi connectivity index (χ3n) is 2.02. The second-order valence-electron chi connectivity index (χ2n) is 3.06. The van der Waals surface area contributed by atoms with Crippen LogP contribution in [0.1, 0.15) is 17.0 Å². The summed E-state index contributed by atoms with van der Waals surface area (Å²) >= 11 is 0. The first-order chi connectivity index (χ1) is 6.65. The average molecular weight is 198 g/mol. The number of aliphatic hydroxyl groups excluding tert-OH is 1. The smallest absolute Gasteiger partial charge is 0.245 e. The fourth-order valence-electron chi connectivity index (χ4n) is 1.24. The summed E-state index contributed by atoms with van der Waals surface area (Å²) in [4.78, 5) is 10.7. The second-order valence-corrected chi connectivity index (χ2v) is 3.06. The zero-order chi connectivity index (χ0) is 10.6. The van der Waals surface area contributed by atoms with E-state index < -0.39 is 6.61 Å². The number of carbonyl (C=O) groups excluding carboxylic acids is 1. The molecule has 0 spiro atoms. The zero-order valence-corrected chi connectivity index (χ0v) is 8.33. The van der Waals surface area contributed by atoms with Crippen LogP contribution in [-0.2, 0) is 11.2 Å². The van der Waals surface area contributed by atoms with Crippen molar-refractivity contribution in [2.24, 2.45) is 0 Å². The van der Waals surface area contributed by atoms with Gasteiger partial charge < -0.3 is 14.9 Å². The van der Waals surface area contributed by atoms with Crippen molar-refractivity contribution in [2.45, 2.75) is 20.3 Å². The van der Waals surface area contributed by atoms with Crippen molar-refractivity contribution in [1.82, 2.24) is 10.5 Å². The number of hydrogen-bond acceptors (Lipinski definition) is 4. The topological polar surface area (TPSA) is 75.4 Å². The van der Waals surface area contributed by atoms with Gasteiger partial charge in [0, 0.05) is 12.1 Å². The Bertz CT molecular complexity index is 300. The third kappa shape index (κ3) is 2.56. The number of aromatic nitrogens is 1. The Hall–Kier alpha value is -1.36. The van der Waals surface area contributed by atoms with Gasteiger partial charge in [-0.2, -0.15) is 0 Å². The number of aliphatic hydroxyl groups is 1. The molecule has 0 aromatic carbocycles. The zero-order valence-electron chi connectivity index (χ0n) is 8.33. The number of aryl methyl sites for hydroxylation is 2. The van der Waals surface area contributed by atoms with Gasteiger partial charge in [-0.25, -0.2) is 0 Å². The van der Waals surface area contributed by atoms with Crippen LogP contribution in [0.15, 0.2) is 4.52 Å². The van der Waals surface area contributed by atoms with E-state index in [1.165, 1.54) is 0 Å². The van der Waals surface area contributed by atoms with Gasteiger partial charge in [0.25, 0.3) is 0 Å². The number of nitrogens with zero attached hydrogens (tertiary/aromatic N) is 1. The van der Waals surface area contributed by atoms with Crippen LogP contribution in [0.3, 0.4) is 0 Å². The van der Waals surface area contributed by atoms with Gasteiger partial charge >= 0.3 is 0 Å². The van der Waals surface area contributed by atoms with E-state index in [0.29, 0.717) is 13.0 Å². The molecule has 0 aliphatic heterocycles. The molecule has 14 heavy (non-hydrogen) atoms. The molecule has 1 rings (SSSR count). The highest BCUT2D eigenvalue weighted by Gasteiger charge is 2.08. The van der Waals surface area contributed by atoms with Crippen molar-refractivity contribution in [1.29, 1.82) is 0 Å². The minimum atomic E-state index is -0.471. The number of carbonyl (C=O) groups is 1. The molecular formula is C9H14N2O3. The van der Waals surface area contributed by atoms with Crippen molar-refractivity contribution in [2.75, 3.05) is 13.2 Å². The normalized spacial score (nSPS) is 10.2. The van der Waals surface area contributed by atoms with Gasteiger partial charge in [0.05, 0.1) is 5.69 Å². The van der Waals surface area contributed by atoms with E-state index in [-0.39, 0.29) is 5.91 Å². The van der Waals surface area contributed by atoms with E-state index >= 15 is 0 Å². The largest absolute Gasteiger partial charge is 0.387 e. The maximum Gasteiger partial charge on any atom is 0.245 e. The average Bonchev–Trinajstić information content (AvgIpc) is 2.48. The van der Waals surface area contributed by atoms with Crippen LogP contribution in [0, 0.1) is 13.8 Å². The Morgan fingerprint density at radius 2 is 2.29 bits per heavy atom. The fraction of sp³-hybridized carbons (Fsp3) is 0.556. The van der Waals surface area contributed by atoms with Crippen LogP contribution in [0.4, 0.5) is 0 Å². The highest BCUT2D eigenvalue weighted by molar-refractivity contribution is 5.76. The summed E-state index contributed by atoms with van der Waals surface area (Å²) in [6.45, 7) is 3.72. The quantitative estimate of drug-likeness (QED) is 0.710. The van der Waals surface area contributed by atoms with Crippen molar-refractivity contribution in [3.8, 4) is 0 Å². The molecule has 0 fully saturated rings. The number of nitrogens with one attached hydrogen (secondary N) is 1. The van der Waals surface area contributed by atoms with Crippen LogP contribution in [0.5, 0.6) is 0 Å². The lowest BCUT2D eigenvalue weighted by molar-refractivity contribution is -0.123. The molecule has 5 nitrogen and oxygen atoms in total. The van der Waals surface area contributed by atoms with Crippen LogP contribution >= 0.6 is 0 Å². The van der Waals surface area contributed by atoms with E-state index in [9.17, 15) is 4.79 Å². The molecule has 0 bridgehead atoms. The highest BCUT2D eigenvalue weighted by atomic mass is 16.5. The molecule has 0 saturated heterocycles. The van der Waals surface area contributed by atoms with Crippen LogP contribution in [0.25, 0.3) is 0 Å². The number of amides is 1. The van der Waals surface area contributed by atoms with Gasteiger partial charge in [-0.3, -0.25) is 4.79 Å². The maximum atomic E-state index is 10.7. The Kier molecular flexibility index (Phi) is 3.64. The van der Waals surface area contributed by atoms with Gasteiger partial charge in [-0.1, -0.05) is 5.16 Å². The van der Waals surface area contributed by atoms with Crippen LogP contribution in [-0.4, -0.2) is 29.3 Å². The monoisotopic (exact) mass is 198 g/mol. The molecule has 0 aliphatic rings. The minimum Gasteiger partial charge on any atom is -0.387 e. The van der Waals surface area contributed by atoms with E-state index in [4.69, 9.17) is 9.63 Å². The second kappa shape index (κ2) is 4.76. The summed E-state index contributed by atoms with van der Waals surface area (Å²) in [5.41, 5.74) is 1.86. The van der Waals surface area contributed by atoms with E-state index in [0.717, 1.165) is 17.0 Å². The summed E-state index contributed by atoms with van der Waals surface area (Å²) in [6.07, 6.45) is 0.674. The van der Waals surface area contributed by atoms with Crippen molar-refractivity contribution in [3.63, 3.8) is 0 Å². The van der Waals surface area contributed by atoms with Crippen LogP contribution in [0.2, 0.25) is 0 Å². The first-order valence-corrected chi connectivity index (χ1v) is 4.44. The van der Waals surface area contributed by atoms with Gasteiger partial charge in [0.1, 0.15) is 12.4 Å². The molecule has 2 N–H and O–H groups in total. The van der Waals surface area contributed by atoms with E-state index in [1.807, 2.05) is 13.8 Å². The molecule has 1 heterocycles. The minimum absolute atomic E-state index is 0.364.